The average molecular weight is 172 g/mol. The molecule has 0 spiro atoms. The highest BCUT2D eigenvalue weighted by Crippen LogP contribution is 2.19. The largest absolute Gasteiger partial charge is 0.707 e. The third-order valence-electron chi connectivity index (χ3n) is 0.953. The highest BCUT2D eigenvalue weighted by molar-refractivity contribution is 7.12. The summed E-state index contributed by atoms with van der Waals surface area (Å²) in [6, 6.07) is 1.43. The molecule has 58 valence electrons. The molecule has 4 nitrogen and oxygen atoms in total. The lowest BCUT2D eigenvalue weighted by atomic mass is 10.2. The van der Waals surface area contributed by atoms with Crippen LogP contribution in [0, 0.1) is 0 Å². The number of hydrogen-bond acceptors (Lipinski definition) is 5. The Morgan fingerprint density at radius 1 is 1.64 bits per heavy atom. The minimum atomic E-state index is -1.83. The van der Waals surface area contributed by atoms with Crippen LogP contribution in [-0.4, -0.2) is 23.7 Å². The summed E-state index contributed by atoms with van der Waals surface area (Å²) in [5.41, 5.74) is 0. The van der Waals surface area contributed by atoms with Crippen molar-refractivity contribution in [3.63, 3.8) is 0 Å². The summed E-state index contributed by atoms with van der Waals surface area (Å²) in [6.45, 7) is 0. The van der Waals surface area contributed by atoms with Gasteiger partial charge in [-0.3, -0.25) is 4.79 Å². The molecule has 0 aliphatic carbocycles. The zero-order valence-corrected chi connectivity index (χ0v) is 6.25. The Balaban J connectivity index is 2.65. The van der Waals surface area contributed by atoms with Gasteiger partial charge in [-0.15, -0.1) is 11.3 Å². The van der Waals surface area contributed by atoms with Gasteiger partial charge in [0.25, 0.3) is 0 Å². The topological polar surface area (TPSA) is 66.8 Å². The van der Waals surface area contributed by atoms with Crippen LogP contribution in [0.25, 0.3) is 0 Å². The van der Waals surface area contributed by atoms with E-state index >= 15 is 0 Å². The molecule has 0 bridgehead atoms. The molecular weight excluding hydrogens is 167 g/mol. The maximum atomic E-state index is 10.1. The van der Waals surface area contributed by atoms with Gasteiger partial charge in [-0.1, -0.05) is 0 Å². The molecule has 0 unspecified atom stereocenters. The van der Waals surface area contributed by atoms with E-state index in [1.54, 1.807) is 0 Å². The minimum absolute atomic E-state index is 0.284. The van der Waals surface area contributed by atoms with E-state index < -0.39 is 7.32 Å². The van der Waals surface area contributed by atoms with Crippen molar-refractivity contribution < 1.29 is 19.5 Å². The molecule has 0 saturated heterocycles. The first-order valence-corrected chi connectivity index (χ1v) is 3.67. The lowest BCUT2D eigenvalue weighted by molar-refractivity contribution is 0.112. The van der Waals surface area contributed by atoms with Crippen LogP contribution in [-0.2, 0) is 0 Å². The standard InChI is InChI=1S/C5H5BO4S/c7-2-5-1-4(3-11-5)10-6(8)9/h1-3,8-9H. The maximum Gasteiger partial charge on any atom is 0.707 e. The molecule has 11 heavy (non-hydrogen) atoms. The zero-order chi connectivity index (χ0) is 8.27. The predicted molar refractivity (Wildman–Crippen MR) is 40.5 cm³/mol. The summed E-state index contributed by atoms with van der Waals surface area (Å²) in [5.74, 6) is 0.284. The third kappa shape index (κ3) is 2.34. The second-order valence-corrected chi connectivity index (χ2v) is 2.69. The first-order chi connectivity index (χ1) is 5.22. The number of rotatable bonds is 3. The van der Waals surface area contributed by atoms with Gasteiger partial charge in [0, 0.05) is 5.38 Å². The lowest BCUT2D eigenvalue weighted by Gasteiger charge is -1.97. The van der Waals surface area contributed by atoms with Crippen LogP contribution in [0.5, 0.6) is 5.75 Å². The van der Waals surface area contributed by atoms with Gasteiger partial charge in [0.15, 0.2) is 6.29 Å². The Hall–Kier alpha value is -0.845. The molecule has 0 fully saturated rings. The van der Waals surface area contributed by atoms with Crippen molar-refractivity contribution in [2.24, 2.45) is 0 Å². The van der Waals surface area contributed by atoms with Crippen LogP contribution in [0.1, 0.15) is 9.67 Å². The van der Waals surface area contributed by atoms with E-state index in [0.717, 1.165) is 0 Å². The molecule has 0 aromatic carbocycles. The zero-order valence-electron chi connectivity index (χ0n) is 5.43. The van der Waals surface area contributed by atoms with Crippen molar-refractivity contribution in [3.05, 3.63) is 16.3 Å². The molecule has 0 saturated carbocycles. The van der Waals surface area contributed by atoms with Gasteiger partial charge in [0.05, 0.1) is 4.88 Å². The van der Waals surface area contributed by atoms with Gasteiger partial charge >= 0.3 is 7.32 Å². The maximum absolute atomic E-state index is 10.1. The fourth-order valence-corrected chi connectivity index (χ4v) is 1.20. The van der Waals surface area contributed by atoms with Gasteiger partial charge in [-0.25, -0.2) is 0 Å². The van der Waals surface area contributed by atoms with Crippen molar-refractivity contribution in [3.8, 4) is 5.75 Å². The third-order valence-corrected chi connectivity index (χ3v) is 1.79. The summed E-state index contributed by atoms with van der Waals surface area (Å²) in [5, 5.41) is 18.2. The molecule has 2 N–H and O–H groups in total. The highest BCUT2D eigenvalue weighted by atomic mass is 32.1. The van der Waals surface area contributed by atoms with Gasteiger partial charge in [0.1, 0.15) is 5.75 Å². The first kappa shape index (κ1) is 8.25. The minimum Gasteiger partial charge on any atom is -0.511 e. The van der Waals surface area contributed by atoms with Crippen molar-refractivity contribution in [2.45, 2.75) is 0 Å². The molecular formula is C5H5BO4S. The molecule has 1 heterocycles. The van der Waals surface area contributed by atoms with Crippen LogP contribution in [0.4, 0.5) is 0 Å². The molecule has 6 heteroatoms. The number of thiophene rings is 1. The van der Waals surface area contributed by atoms with Gasteiger partial charge in [-0.05, 0) is 6.07 Å². The van der Waals surface area contributed by atoms with Crippen LogP contribution in [0.3, 0.4) is 0 Å². The van der Waals surface area contributed by atoms with E-state index in [4.69, 9.17) is 10.0 Å². The summed E-state index contributed by atoms with van der Waals surface area (Å²) in [6.07, 6.45) is 0.668. The first-order valence-electron chi connectivity index (χ1n) is 2.79. The Bertz CT molecular complexity index is 246. The Kier molecular flexibility index (Phi) is 2.64. The Labute approximate surface area is 67.2 Å². The molecule has 1 rings (SSSR count). The van der Waals surface area contributed by atoms with Gasteiger partial charge in [0.2, 0.25) is 0 Å². The van der Waals surface area contributed by atoms with Crippen molar-refractivity contribution in [1.29, 1.82) is 0 Å². The van der Waals surface area contributed by atoms with E-state index in [1.165, 1.54) is 22.8 Å². The molecule has 0 aliphatic rings. The number of carbonyl (C=O) groups is 1. The average Bonchev–Trinajstić information content (AvgIpc) is 2.34. The smallest absolute Gasteiger partial charge is 0.511 e. The second-order valence-electron chi connectivity index (χ2n) is 1.75. The Morgan fingerprint density at radius 3 is 2.82 bits per heavy atom. The SMILES string of the molecule is O=Cc1cc(OB(O)O)cs1. The van der Waals surface area contributed by atoms with Crippen LogP contribution in [0.2, 0.25) is 0 Å². The number of aldehydes is 1. The molecule has 0 atom stereocenters. The highest BCUT2D eigenvalue weighted by Gasteiger charge is 2.11. The predicted octanol–water partition coefficient (Wildman–Crippen LogP) is -0.0911. The van der Waals surface area contributed by atoms with Crippen molar-refractivity contribution in [2.75, 3.05) is 0 Å². The van der Waals surface area contributed by atoms with Crippen molar-refractivity contribution in [1.82, 2.24) is 0 Å². The van der Waals surface area contributed by atoms with E-state index in [-0.39, 0.29) is 5.75 Å². The van der Waals surface area contributed by atoms with E-state index in [9.17, 15) is 4.79 Å². The van der Waals surface area contributed by atoms with Crippen LogP contribution >= 0.6 is 11.3 Å². The summed E-state index contributed by atoms with van der Waals surface area (Å²) < 4.78 is 4.46. The van der Waals surface area contributed by atoms with Crippen molar-refractivity contribution >= 4 is 24.9 Å². The second kappa shape index (κ2) is 3.52. The fraction of sp³-hybridized carbons (Fsp3) is 0. The van der Waals surface area contributed by atoms with E-state index in [2.05, 4.69) is 4.65 Å². The molecule has 0 amide bonds. The van der Waals surface area contributed by atoms with Crippen LogP contribution in [0.15, 0.2) is 11.4 Å². The molecule has 1 aromatic heterocycles. The normalized spacial score (nSPS) is 9.27. The van der Waals surface area contributed by atoms with Crippen LogP contribution < -0.4 is 4.65 Å². The summed E-state index contributed by atoms with van der Waals surface area (Å²) >= 11 is 1.18. The molecule has 0 aliphatic heterocycles. The number of carbonyl (C=O) groups excluding carboxylic acids is 1. The fourth-order valence-electron chi connectivity index (χ4n) is 0.580. The summed E-state index contributed by atoms with van der Waals surface area (Å²) in [4.78, 5) is 10.6. The molecule has 1 aromatic rings. The monoisotopic (exact) mass is 172 g/mol. The van der Waals surface area contributed by atoms with Gasteiger partial charge < -0.3 is 14.7 Å². The Morgan fingerprint density at radius 2 is 2.36 bits per heavy atom. The lowest BCUT2D eigenvalue weighted by Crippen LogP contribution is -2.20. The number of hydrogen-bond donors (Lipinski definition) is 2. The van der Waals surface area contributed by atoms with Gasteiger partial charge in [-0.2, -0.15) is 0 Å². The quantitative estimate of drug-likeness (QED) is 0.493. The van der Waals surface area contributed by atoms with E-state index in [0.29, 0.717) is 11.2 Å². The molecule has 0 radical (unpaired) electrons. The summed E-state index contributed by atoms with van der Waals surface area (Å²) in [7, 11) is -1.83. The van der Waals surface area contributed by atoms with E-state index in [1.807, 2.05) is 0 Å².